The van der Waals surface area contributed by atoms with Crippen LogP contribution in [0.2, 0.25) is 0 Å². The van der Waals surface area contributed by atoms with Crippen molar-refractivity contribution in [1.29, 1.82) is 0 Å². The first-order valence-corrected chi connectivity index (χ1v) is 6.55. The average molecular weight is 256 g/mol. The molecule has 19 heavy (non-hydrogen) atoms. The average Bonchev–Trinajstić information content (AvgIpc) is 2.44. The minimum atomic E-state index is -0.475. The summed E-state index contributed by atoms with van der Waals surface area (Å²) in [5, 5.41) is 1.98. The van der Waals surface area contributed by atoms with Crippen LogP contribution in [0.25, 0.3) is 10.8 Å². The van der Waals surface area contributed by atoms with Gasteiger partial charge >= 0.3 is 0 Å². The Morgan fingerprint density at radius 3 is 2.68 bits per heavy atom. The Morgan fingerprint density at radius 1 is 1.32 bits per heavy atom. The zero-order valence-electron chi connectivity index (χ0n) is 12.0. The van der Waals surface area contributed by atoms with Gasteiger partial charge in [0, 0.05) is 23.3 Å². The highest BCUT2D eigenvalue weighted by atomic mass is 16.1. The molecule has 1 unspecified atom stereocenters. The van der Waals surface area contributed by atoms with E-state index in [1.54, 1.807) is 12.4 Å². The van der Waals surface area contributed by atoms with Gasteiger partial charge in [0.1, 0.15) is 0 Å². The van der Waals surface area contributed by atoms with Gasteiger partial charge in [-0.05, 0) is 38.9 Å². The second-order valence-electron chi connectivity index (χ2n) is 5.25. The number of pyridine rings is 1. The van der Waals surface area contributed by atoms with E-state index >= 15 is 0 Å². The lowest BCUT2D eigenvalue weighted by Crippen LogP contribution is -2.48. The number of rotatable bonds is 4. The van der Waals surface area contributed by atoms with Gasteiger partial charge in [-0.2, -0.15) is 0 Å². The lowest BCUT2D eigenvalue weighted by Gasteiger charge is -2.34. The van der Waals surface area contributed by atoms with Crippen LogP contribution in [0.3, 0.4) is 0 Å². The predicted molar refractivity (Wildman–Crippen MR) is 78.5 cm³/mol. The lowest BCUT2D eigenvalue weighted by molar-refractivity contribution is 0.0712. The molecule has 2 rings (SSSR count). The molecular formula is C16H20N2O. The highest BCUT2D eigenvalue weighted by molar-refractivity contribution is 6.12. The smallest absolute Gasteiger partial charge is 0.183 e. The van der Waals surface area contributed by atoms with Crippen molar-refractivity contribution in [2.24, 2.45) is 0 Å². The molecule has 0 spiro atoms. The van der Waals surface area contributed by atoms with Gasteiger partial charge in [-0.3, -0.25) is 14.7 Å². The van der Waals surface area contributed by atoms with Gasteiger partial charge in [0.2, 0.25) is 0 Å². The third-order valence-electron chi connectivity index (χ3n) is 4.09. The van der Waals surface area contributed by atoms with Gasteiger partial charge in [0.25, 0.3) is 0 Å². The van der Waals surface area contributed by atoms with E-state index in [4.69, 9.17) is 0 Å². The van der Waals surface area contributed by atoms with Crippen LogP contribution in [-0.4, -0.2) is 35.3 Å². The molecular weight excluding hydrogens is 236 g/mol. The number of benzene rings is 1. The Labute approximate surface area is 114 Å². The summed E-state index contributed by atoms with van der Waals surface area (Å²) in [6.45, 7) is 4.04. The van der Waals surface area contributed by atoms with Gasteiger partial charge in [-0.25, -0.2) is 0 Å². The summed E-state index contributed by atoms with van der Waals surface area (Å²) in [7, 11) is 3.90. The molecule has 0 amide bonds. The van der Waals surface area contributed by atoms with E-state index in [2.05, 4.69) is 4.98 Å². The molecule has 2 aromatic rings. The van der Waals surface area contributed by atoms with Crippen LogP contribution >= 0.6 is 0 Å². The van der Waals surface area contributed by atoms with Gasteiger partial charge in [-0.15, -0.1) is 0 Å². The molecule has 1 aromatic carbocycles. The van der Waals surface area contributed by atoms with Crippen LogP contribution in [0.1, 0.15) is 30.6 Å². The SMILES string of the molecule is CCC(C)(C(=O)c1cccc2cnccc12)N(C)C. The van der Waals surface area contributed by atoms with Crippen molar-refractivity contribution in [2.75, 3.05) is 14.1 Å². The molecule has 0 aliphatic rings. The number of aromatic nitrogens is 1. The quantitative estimate of drug-likeness (QED) is 0.788. The number of hydrogen-bond acceptors (Lipinski definition) is 3. The molecule has 0 aliphatic carbocycles. The van der Waals surface area contributed by atoms with Crippen LogP contribution in [0.4, 0.5) is 0 Å². The second-order valence-corrected chi connectivity index (χ2v) is 5.25. The standard InChI is InChI=1S/C16H20N2O/c1-5-16(2,18(3)4)15(19)14-8-6-7-12-11-17-10-9-13(12)14/h6-11H,5H2,1-4H3. The number of hydrogen-bond donors (Lipinski definition) is 0. The van der Waals surface area contributed by atoms with Crippen molar-refractivity contribution in [1.82, 2.24) is 9.88 Å². The Kier molecular flexibility index (Phi) is 3.67. The maximum Gasteiger partial charge on any atom is 0.183 e. The normalized spacial score (nSPS) is 14.6. The van der Waals surface area contributed by atoms with E-state index in [1.807, 2.05) is 57.1 Å². The Bertz CT molecular complexity index is 601. The van der Waals surface area contributed by atoms with Crippen LogP contribution in [0.5, 0.6) is 0 Å². The largest absolute Gasteiger partial charge is 0.297 e. The van der Waals surface area contributed by atoms with Crippen molar-refractivity contribution in [2.45, 2.75) is 25.8 Å². The summed E-state index contributed by atoms with van der Waals surface area (Å²) in [4.78, 5) is 19.0. The fourth-order valence-corrected chi connectivity index (χ4v) is 2.29. The topological polar surface area (TPSA) is 33.2 Å². The predicted octanol–water partition coefficient (Wildman–Crippen LogP) is 3.15. The van der Waals surface area contributed by atoms with Crippen LogP contribution in [0, 0.1) is 0 Å². The molecule has 0 fully saturated rings. The molecule has 0 bridgehead atoms. The first-order chi connectivity index (χ1) is 9.00. The van der Waals surface area contributed by atoms with Gasteiger partial charge in [0.15, 0.2) is 5.78 Å². The van der Waals surface area contributed by atoms with E-state index in [-0.39, 0.29) is 5.78 Å². The third-order valence-corrected chi connectivity index (χ3v) is 4.09. The number of nitrogens with zero attached hydrogens (tertiary/aromatic N) is 2. The summed E-state index contributed by atoms with van der Waals surface area (Å²) in [6, 6.07) is 7.72. The Morgan fingerprint density at radius 2 is 2.05 bits per heavy atom. The monoisotopic (exact) mass is 256 g/mol. The molecule has 100 valence electrons. The summed E-state index contributed by atoms with van der Waals surface area (Å²) in [5.74, 6) is 0.164. The Balaban J connectivity index is 2.59. The second kappa shape index (κ2) is 5.10. The van der Waals surface area contributed by atoms with Crippen molar-refractivity contribution < 1.29 is 4.79 Å². The van der Waals surface area contributed by atoms with Crippen LogP contribution in [-0.2, 0) is 0 Å². The number of likely N-dealkylation sites (N-methyl/N-ethyl adjacent to an activating group) is 1. The fraction of sp³-hybridized carbons (Fsp3) is 0.375. The minimum Gasteiger partial charge on any atom is -0.297 e. The molecule has 0 radical (unpaired) electrons. The fourth-order valence-electron chi connectivity index (χ4n) is 2.29. The third kappa shape index (κ3) is 2.26. The van der Waals surface area contributed by atoms with Crippen molar-refractivity contribution in [3.05, 3.63) is 42.2 Å². The van der Waals surface area contributed by atoms with E-state index in [1.165, 1.54) is 0 Å². The summed E-state index contributed by atoms with van der Waals surface area (Å²) < 4.78 is 0. The molecule has 0 aliphatic heterocycles. The van der Waals surface area contributed by atoms with Crippen molar-refractivity contribution >= 4 is 16.6 Å². The molecule has 1 heterocycles. The van der Waals surface area contributed by atoms with E-state index in [9.17, 15) is 4.79 Å². The molecule has 3 nitrogen and oxygen atoms in total. The molecule has 0 saturated heterocycles. The Hall–Kier alpha value is -1.74. The maximum absolute atomic E-state index is 12.9. The highest BCUT2D eigenvalue weighted by Gasteiger charge is 2.34. The number of fused-ring (bicyclic) bond motifs is 1. The first kappa shape index (κ1) is 13.7. The van der Waals surface area contributed by atoms with E-state index in [0.29, 0.717) is 0 Å². The zero-order chi connectivity index (χ0) is 14.0. The van der Waals surface area contributed by atoms with Gasteiger partial charge < -0.3 is 0 Å². The zero-order valence-corrected chi connectivity index (χ0v) is 12.0. The van der Waals surface area contributed by atoms with E-state index < -0.39 is 5.54 Å². The summed E-state index contributed by atoms with van der Waals surface area (Å²) in [6.07, 6.45) is 4.31. The lowest BCUT2D eigenvalue weighted by atomic mass is 9.86. The first-order valence-electron chi connectivity index (χ1n) is 6.55. The number of carbonyl (C=O) groups excluding carboxylic acids is 1. The summed E-state index contributed by atoms with van der Waals surface area (Å²) in [5.41, 5.74) is 0.301. The number of carbonyl (C=O) groups is 1. The molecule has 3 heteroatoms. The van der Waals surface area contributed by atoms with Crippen LogP contribution < -0.4 is 0 Å². The van der Waals surface area contributed by atoms with E-state index in [0.717, 1.165) is 22.8 Å². The van der Waals surface area contributed by atoms with Gasteiger partial charge in [0.05, 0.1) is 5.54 Å². The highest BCUT2D eigenvalue weighted by Crippen LogP contribution is 2.26. The molecule has 0 saturated carbocycles. The molecule has 1 aromatic heterocycles. The van der Waals surface area contributed by atoms with Crippen molar-refractivity contribution in [3.63, 3.8) is 0 Å². The van der Waals surface area contributed by atoms with Crippen LogP contribution in [0.15, 0.2) is 36.7 Å². The number of Topliss-reactive ketones (excluding diaryl/α,β-unsaturated/α-hetero) is 1. The van der Waals surface area contributed by atoms with Gasteiger partial charge in [-0.1, -0.05) is 25.1 Å². The minimum absolute atomic E-state index is 0.164. The maximum atomic E-state index is 12.9. The molecule has 1 atom stereocenters. The number of ketones is 1. The molecule has 0 N–H and O–H groups in total. The van der Waals surface area contributed by atoms with Crippen molar-refractivity contribution in [3.8, 4) is 0 Å². The summed E-state index contributed by atoms with van der Waals surface area (Å²) >= 11 is 0.